The summed E-state index contributed by atoms with van der Waals surface area (Å²) in [6, 6.07) is 6.25. The first-order chi connectivity index (χ1) is 12.5. The molecule has 0 fully saturated rings. The van der Waals surface area contributed by atoms with Crippen LogP contribution in [0.4, 0.5) is 4.39 Å². The third kappa shape index (κ3) is 2.26. The molecule has 0 saturated heterocycles. The van der Waals surface area contributed by atoms with Gasteiger partial charge in [-0.25, -0.2) is 18.9 Å². The standard InChI is InChI=1S/C18H13FN4O3/c1-9-14(10(2)26-22-9)12-5-6-13(18(24)25)16(15(12)19)23-17-11(8-21-23)4-3-7-20-17/h3-8H,1-2H3,(H,24,25). The van der Waals surface area contributed by atoms with E-state index in [1.807, 2.05) is 0 Å². The SMILES string of the molecule is Cc1noc(C)c1-c1ccc(C(=O)O)c(-n2ncc3cccnc32)c1F. The molecule has 0 saturated carbocycles. The number of carbonyl (C=O) groups is 1. The fourth-order valence-electron chi connectivity index (χ4n) is 3.03. The van der Waals surface area contributed by atoms with E-state index in [1.165, 1.54) is 29.2 Å². The van der Waals surface area contributed by atoms with Crippen LogP contribution in [-0.4, -0.2) is 31.0 Å². The highest BCUT2D eigenvalue weighted by molar-refractivity contribution is 5.94. The molecule has 0 aliphatic rings. The highest BCUT2D eigenvalue weighted by atomic mass is 19.1. The van der Waals surface area contributed by atoms with E-state index in [-0.39, 0.29) is 16.8 Å². The predicted octanol–water partition coefficient (Wildman–Crippen LogP) is 3.53. The van der Waals surface area contributed by atoms with E-state index in [9.17, 15) is 9.90 Å². The van der Waals surface area contributed by atoms with E-state index in [0.29, 0.717) is 28.1 Å². The van der Waals surface area contributed by atoms with E-state index in [2.05, 4.69) is 15.2 Å². The second kappa shape index (κ2) is 5.76. The van der Waals surface area contributed by atoms with Crippen LogP contribution in [0.3, 0.4) is 0 Å². The van der Waals surface area contributed by atoms with Gasteiger partial charge in [0, 0.05) is 17.1 Å². The Hall–Kier alpha value is -3.55. The number of hydrogen-bond acceptors (Lipinski definition) is 5. The molecule has 0 spiro atoms. The third-order valence-electron chi connectivity index (χ3n) is 4.19. The van der Waals surface area contributed by atoms with Crippen LogP contribution in [0.5, 0.6) is 0 Å². The Morgan fingerprint density at radius 2 is 2.08 bits per heavy atom. The number of aromatic carboxylic acids is 1. The molecule has 0 unspecified atom stereocenters. The van der Waals surface area contributed by atoms with Crippen LogP contribution in [0.1, 0.15) is 21.8 Å². The van der Waals surface area contributed by atoms with Crippen LogP contribution >= 0.6 is 0 Å². The Morgan fingerprint density at radius 1 is 1.27 bits per heavy atom. The highest BCUT2D eigenvalue weighted by Crippen LogP contribution is 2.34. The van der Waals surface area contributed by atoms with Crippen molar-refractivity contribution in [2.75, 3.05) is 0 Å². The lowest BCUT2D eigenvalue weighted by atomic mass is 10.00. The summed E-state index contributed by atoms with van der Waals surface area (Å²) in [6.45, 7) is 3.37. The minimum absolute atomic E-state index is 0.177. The molecule has 130 valence electrons. The maximum Gasteiger partial charge on any atom is 0.338 e. The fraction of sp³-hybridized carbons (Fsp3) is 0.111. The minimum Gasteiger partial charge on any atom is -0.478 e. The monoisotopic (exact) mass is 352 g/mol. The summed E-state index contributed by atoms with van der Waals surface area (Å²) < 4.78 is 21.8. The van der Waals surface area contributed by atoms with E-state index >= 15 is 4.39 Å². The number of fused-ring (bicyclic) bond motifs is 1. The molecule has 3 heterocycles. The topological polar surface area (TPSA) is 94.0 Å². The van der Waals surface area contributed by atoms with Gasteiger partial charge in [-0.05, 0) is 32.0 Å². The lowest BCUT2D eigenvalue weighted by molar-refractivity contribution is 0.0696. The van der Waals surface area contributed by atoms with Crippen molar-refractivity contribution >= 4 is 17.0 Å². The van der Waals surface area contributed by atoms with Gasteiger partial charge in [0.15, 0.2) is 11.5 Å². The van der Waals surface area contributed by atoms with Crippen molar-refractivity contribution in [2.45, 2.75) is 13.8 Å². The second-order valence-electron chi connectivity index (χ2n) is 5.80. The Kier molecular flexibility index (Phi) is 3.54. The van der Waals surface area contributed by atoms with Gasteiger partial charge in [0.05, 0.1) is 23.0 Å². The van der Waals surface area contributed by atoms with Gasteiger partial charge in [-0.15, -0.1) is 0 Å². The average Bonchev–Trinajstić information content (AvgIpc) is 3.18. The molecule has 7 nitrogen and oxygen atoms in total. The number of halogens is 1. The Morgan fingerprint density at radius 3 is 2.77 bits per heavy atom. The van der Waals surface area contributed by atoms with Gasteiger partial charge in [-0.2, -0.15) is 5.10 Å². The number of aryl methyl sites for hydroxylation is 2. The maximum atomic E-state index is 15.5. The van der Waals surface area contributed by atoms with Crippen molar-refractivity contribution < 1.29 is 18.8 Å². The quantitative estimate of drug-likeness (QED) is 0.606. The van der Waals surface area contributed by atoms with Crippen molar-refractivity contribution in [1.82, 2.24) is 19.9 Å². The molecule has 0 radical (unpaired) electrons. The minimum atomic E-state index is -1.26. The van der Waals surface area contributed by atoms with Crippen LogP contribution in [-0.2, 0) is 0 Å². The van der Waals surface area contributed by atoms with Crippen molar-refractivity contribution in [3.8, 4) is 16.8 Å². The van der Waals surface area contributed by atoms with Crippen LogP contribution in [0.25, 0.3) is 27.8 Å². The van der Waals surface area contributed by atoms with Crippen LogP contribution in [0.15, 0.2) is 41.2 Å². The zero-order valence-corrected chi connectivity index (χ0v) is 13.9. The Labute approximate surface area is 146 Å². The average molecular weight is 352 g/mol. The first-order valence-electron chi connectivity index (χ1n) is 7.77. The molecular formula is C18H13FN4O3. The molecule has 1 aromatic carbocycles. The molecule has 4 rings (SSSR count). The van der Waals surface area contributed by atoms with E-state index in [1.54, 1.807) is 26.0 Å². The molecule has 1 N–H and O–H groups in total. The van der Waals surface area contributed by atoms with Crippen molar-refractivity contribution in [2.24, 2.45) is 0 Å². The first-order valence-corrected chi connectivity index (χ1v) is 7.77. The smallest absolute Gasteiger partial charge is 0.338 e. The fourth-order valence-corrected chi connectivity index (χ4v) is 3.03. The number of rotatable bonds is 3. The molecule has 26 heavy (non-hydrogen) atoms. The highest BCUT2D eigenvalue weighted by Gasteiger charge is 2.25. The van der Waals surface area contributed by atoms with Gasteiger partial charge >= 0.3 is 5.97 Å². The van der Waals surface area contributed by atoms with Crippen LogP contribution < -0.4 is 0 Å². The summed E-state index contributed by atoms with van der Waals surface area (Å²) in [5.41, 5.74) is 1.17. The van der Waals surface area contributed by atoms with Gasteiger partial charge in [-0.3, -0.25) is 0 Å². The lowest BCUT2D eigenvalue weighted by Gasteiger charge is -2.12. The lowest BCUT2D eigenvalue weighted by Crippen LogP contribution is -2.11. The largest absolute Gasteiger partial charge is 0.478 e. The van der Waals surface area contributed by atoms with Crippen LogP contribution in [0.2, 0.25) is 0 Å². The van der Waals surface area contributed by atoms with E-state index in [4.69, 9.17) is 4.52 Å². The number of aromatic nitrogens is 4. The predicted molar refractivity (Wildman–Crippen MR) is 90.8 cm³/mol. The Balaban J connectivity index is 2.07. The number of carboxylic acids is 1. The summed E-state index contributed by atoms with van der Waals surface area (Å²) in [5, 5.41) is 18.2. The first kappa shape index (κ1) is 15.9. The van der Waals surface area contributed by atoms with Crippen LogP contribution in [0, 0.1) is 19.7 Å². The summed E-state index contributed by atoms with van der Waals surface area (Å²) in [5.74, 6) is -1.54. The second-order valence-corrected chi connectivity index (χ2v) is 5.80. The molecule has 0 bridgehead atoms. The number of pyridine rings is 1. The van der Waals surface area contributed by atoms with Crippen molar-refractivity contribution in [1.29, 1.82) is 0 Å². The zero-order chi connectivity index (χ0) is 18.4. The zero-order valence-electron chi connectivity index (χ0n) is 13.9. The normalized spacial score (nSPS) is 11.2. The van der Waals surface area contributed by atoms with Gasteiger partial charge in [0.1, 0.15) is 11.4 Å². The van der Waals surface area contributed by atoms with Gasteiger partial charge < -0.3 is 9.63 Å². The number of benzene rings is 1. The van der Waals surface area contributed by atoms with Crippen molar-refractivity contribution in [3.63, 3.8) is 0 Å². The number of hydrogen-bond donors (Lipinski definition) is 1. The molecule has 3 aromatic heterocycles. The molecular weight excluding hydrogens is 339 g/mol. The molecule has 8 heteroatoms. The summed E-state index contributed by atoms with van der Waals surface area (Å²) in [6.07, 6.45) is 3.05. The molecule has 0 amide bonds. The summed E-state index contributed by atoms with van der Waals surface area (Å²) in [4.78, 5) is 15.9. The summed E-state index contributed by atoms with van der Waals surface area (Å²) >= 11 is 0. The molecule has 0 atom stereocenters. The maximum absolute atomic E-state index is 15.5. The molecule has 4 aromatic rings. The van der Waals surface area contributed by atoms with Crippen molar-refractivity contribution in [3.05, 3.63) is 59.5 Å². The van der Waals surface area contributed by atoms with E-state index in [0.717, 1.165) is 0 Å². The van der Waals surface area contributed by atoms with E-state index < -0.39 is 11.8 Å². The van der Waals surface area contributed by atoms with Gasteiger partial charge in [0.25, 0.3) is 0 Å². The molecule has 0 aliphatic carbocycles. The number of carboxylic acid groups (broad SMARTS) is 1. The molecule has 0 aliphatic heterocycles. The Bertz CT molecular complexity index is 1140. The van der Waals surface area contributed by atoms with Gasteiger partial charge in [0.2, 0.25) is 0 Å². The summed E-state index contributed by atoms with van der Waals surface area (Å²) in [7, 11) is 0. The third-order valence-corrected chi connectivity index (χ3v) is 4.19. The van der Waals surface area contributed by atoms with Gasteiger partial charge in [-0.1, -0.05) is 11.2 Å². The number of nitrogens with zero attached hydrogens (tertiary/aromatic N) is 4.